The number of benzene rings is 1. The molecule has 0 aliphatic carbocycles. The molecule has 1 aromatic heterocycles. The molecule has 0 bridgehead atoms. The third-order valence-electron chi connectivity index (χ3n) is 3.50. The first-order valence-corrected chi connectivity index (χ1v) is 6.50. The van der Waals surface area contributed by atoms with Crippen LogP contribution in [0.2, 0.25) is 0 Å². The molecular formula is C15H20N2O. The van der Waals surface area contributed by atoms with Gasteiger partial charge in [0.05, 0.1) is 0 Å². The second kappa shape index (κ2) is 5.36. The molecule has 0 radical (unpaired) electrons. The maximum atomic E-state index is 12.5. The van der Waals surface area contributed by atoms with Crippen LogP contribution in [0.1, 0.15) is 25.1 Å². The minimum absolute atomic E-state index is 0.161. The van der Waals surface area contributed by atoms with Crippen molar-refractivity contribution in [2.75, 3.05) is 13.1 Å². The fraction of sp³-hybridized carbons (Fsp3) is 0.400. The molecule has 3 nitrogen and oxygen atoms in total. The summed E-state index contributed by atoms with van der Waals surface area (Å²) in [5, 5.41) is 0.783. The summed E-state index contributed by atoms with van der Waals surface area (Å²) in [5.41, 5.74) is 2.94. The predicted octanol–water partition coefficient (Wildman–Crippen LogP) is 2.68. The van der Waals surface area contributed by atoms with E-state index in [9.17, 15) is 4.79 Å². The molecule has 0 aliphatic rings. The molecule has 2 rings (SSSR count). The summed E-state index contributed by atoms with van der Waals surface area (Å²) in [6.45, 7) is 8.86. The van der Waals surface area contributed by atoms with E-state index in [2.05, 4.69) is 23.7 Å². The standard InChI is InChI=1S/C15H20N2O/c1-4-17(5-2)10-13-11(3)16-14-9-7-6-8-12(14)15(13)18/h6-9H,4-5,10H2,1-3H3,(H,16,18). The van der Waals surface area contributed by atoms with Gasteiger partial charge in [0.1, 0.15) is 0 Å². The number of aromatic nitrogens is 1. The van der Waals surface area contributed by atoms with E-state index in [0.29, 0.717) is 0 Å². The Morgan fingerprint density at radius 3 is 2.50 bits per heavy atom. The Bertz CT molecular complexity index is 597. The van der Waals surface area contributed by atoms with Crippen molar-refractivity contribution in [2.45, 2.75) is 27.3 Å². The van der Waals surface area contributed by atoms with Crippen molar-refractivity contribution in [3.63, 3.8) is 0 Å². The predicted molar refractivity (Wildman–Crippen MR) is 75.9 cm³/mol. The van der Waals surface area contributed by atoms with Crippen LogP contribution in [0.3, 0.4) is 0 Å². The Morgan fingerprint density at radius 2 is 1.83 bits per heavy atom. The quantitative estimate of drug-likeness (QED) is 0.897. The first-order chi connectivity index (χ1) is 8.67. The zero-order chi connectivity index (χ0) is 13.1. The SMILES string of the molecule is CCN(CC)Cc1c(C)[nH]c2ccccc2c1=O. The number of rotatable bonds is 4. The van der Waals surface area contributed by atoms with Gasteiger partial charge in [0.25, 0.3) is 0 Å². The number of aromatic amines is 1. The Hall–Kier alpha value is -1.61. The number of para-hydroxylation sites is 1. The Morgan fingerprint density at radius 1 is 1.17 bits per heavy atom. The Labute approximate surface area is 107 Å². The zero-order valence-electron chi connectivity index (χ0n) is 11.3. The fourth-order valence-electron chi connectivity index (χ4n) is 2.26. The van der Waals surface area contributed by atoms with Gasteiger partial charge in [-0.05, 0) is 32.1 Å². The van der Waals surface area contributed by atoms with Gasteiger partial charge in [0, 0.05) is 28.7 Å². The van der Waals surface area contributed by atoms with Gasteiger partial charge in [-0.3, -0.25) is 9.69 Å². The summed E-state index contributed by atoms with van der Waals surface area (Å²) < 4.78 is 0. The maximum Gasteiger partial charge on any atom is 0.194 e. The second-order valence-electron chi connectivity index (χ2n) is 4.56. The van der Waals surface area contributed by atoms with Crippen molar-refractivity contribution >= 4 is 10.9 Å². The van der Waals surface area contributed by atoms with Gasteiger partial charge in [0.2, 0.25) is 0 Å². The number of nitrogens with zero attached hydrogens (tertiary/aromatic N) is 1. The van der Waals surface area contributed by atoms with Crippen LogP contribution in [0.15, 0.2) is 29.1 Å². The minimum Gasteiger partial charge on any atom is -0.358 e. The van der Waals surface area contributed by atoms with Crippen molar-refractivity contribution < 1.29 is 0 Å². The fourth-order valence-corrected chi connectivity index (χ4v) is 2.26. The third kappa shape index (κ3) is 2.31. The van der Waals surface area contributed by atoms with Crippen molar-refractivity contribution in [1.82, 2.24) is 9.88 Å². The highest BCUT2D eigenvalue weighted by Gasteiger charge is 2.11. The lowest BCUT2D eigenvalue weighted by Gasteiger charge is -2.19. The zero-order valence-corrected chi connectivity index (χ0v) is 11.3. The molecule has 1 aromatic carbocycles. The van der Waals surface area contributed by atoms with Gasteiger partial charge in [-0.25, -0.2) is 0 Å². The molecule has 18 heavy (non-hydrogen) atoms. The smallest absolute Gasteiger partial charge is 0.194 e. The van der Waals surface area contributed by atoms with Gasteiger partial charge in [-0.2, -0.15) is 0 Å². The van der Waals surface area contributed by atoms with Crippen LogP contribution < -0.4 is 5.43 Å². The third-order valence-corrected chi connectivity index (χ3v) is 3.50. The highest BCUT2D eigenvalue weighted by atomic mass is 16.1. The van der Waals surface area contributed by atoms with Gasteiger partial charge in [0.15, 0.2) is 5.43 Å². The number of aryl methyl sites for hydroxylation is 1. The van der Waals surface area contributed by atoms with Crippen LogP contribution >= 0.6 is 0 Å². The average Bonchev–Trinajstić information content (AvgIpc) is 2.39. The van der Waals surface area contributed by atoms with E-state index >= 15 is 0 Å². The molecule has 96 valence electrons. The van der Waals surface area contributed by atoms with Crippen LogP contribution in [0, 0.1) is 6.92 Å². The monoisotopic (exact) mass is 244 g/mol. The largest absolute Gasteiger partial charge is 0.358 e. The van der Waals surface area contributed by atoms with Crippen molar-refractivity contribution in [2.24, 2.45) is 0 Å². The average molecular weight is 244 g/mol. The summed E-state index contributed by atoms with van der Waals surface area (Å²) in [5.74, 6) is 0. The first kappa shape index (κ1) is 12.8. The normalized spacial score (nSPS) is 11.3. The molecule has 0 saturated heterocycles. The molecule has 3 heteroatoms. The Kier molecular flexibility index (Phi) is 3.82. The molecule has 0 amide bonds. The Balaban J connectivity index is 2.54. The van der Waals surface area contributed by atoms with E-state index in [4.69, 9.17) is 0 Å². The summed E-state index contributed by atoms with van der Waals surface area (Å²) in [6, 6.07) is 7.69. The van der Waals surface area contributed by atoms with Gasteiger partial charge in [-0.1, -0.05) is 26.0 Å². The van der Waals surface area contributed by atoms with Gasteiger partial charge < -0.3 is 4.98 Å². The van der Waals surface area contributed by atoms with E-state index in [1.54, 1.807) is 0 Å². The van der Waals surface area contributed by atoms with Crippen LogP contribution in [0.4, 0.5) is 0 Å². The lowest BCUT2D eigenvalue weighted by atomic mass is 10.1. The maximum absolute atomic E-state index is 12.5. The summed E-state index contributed by atoms with van der Waals surface area (Å²) >= 11 is 0. The summed E-state index contributed by atoms with van der Waals surface area (Å²) in [7, 11) is 0. The number of H-pyrrole nitrogens is 1. The van der Waals surface area contributed by atoms with E-state index < -0.39 is 0 Å². The molecule has 0 aliphatic heterocycles. The van der Waals surface area contributed by atoms with E-state index in [-0.39, 0.29) is 5.43 Å². The topological polar surface area (TPSA) is 36.1 Å². The van der Waals surface area contributed by atoms with E-state index in [1.807, 2.05) is 31.2 Å². The first-order valence-electron chi connectivity index (χ1n) is 6.50. The number of nitrogens with one attached hydrogen (secondary N) is 1. The lowest BCUT2D eigenvalue weighted by molar-refractivity contribution is 0.294. The van der Waals surface area contributed by atoms with Crippen molar-refractivity contribution in [3.05, 3.63) is 45.7 Å². The number of hydrogen-bond acceptors (Lipinski definition) is 2. The minimum atomic E-state index is 0.161. The molecule has 0 fully saturated rings. The van der Waals surface area contributed by atoms with Gasteiger partial charge >= 0.3 is 0 Å². The van der Waals surface area contributed by atoms with Crippen LogP contribution in [-0.2, 0) is 6.54 Å². The second-order valence-corrected chi connectivity index (χ2v) is 4.56. The van der Waals surface area contributed by atoms with Crippen molar-refractivity contribution in [3.8, 4) is 0 Å². The van der Waals surface area contributed by atoms with E-state index in [0.717, 1.165) is 41.8 Å². The molecule has 1 heterocycles. The number of pyridine rings is 1. The highest BCUT2D eigenvalue weighted by molar-refractivity contribution is 5.79. The van der Waals surface area contributed by atoms with Crippen LogP contribution in [0.5, 0.6) is 0 Å². The van der Waals surface area contributed by atoms with Gasteiger partial charge in [-0.15, -0.1) is 0 Å². The molecule has 0 unspecified atom stereocenters. The molecule has 0 atom stereocenters. The molecule has 2 aromatic rings. The molecule has 0 spiro atoms. The number of hydrogen-bond donors (Lipinski definition) is 1. The van der Waals surface area contributed by atoms with Crippen LogP contribution in [0.25, 0.3) is 10.9 Å². The summed E-state index contributed by atoms with van der Waals surface area (Å²) in [4.78, 5) is 18.1. The molecule has 0 saturated carbocycles. The van der Waals surface area contributed by atoms with Crippen LogP contribution in [-0.4, -0.2) is 23.0 Å². The van der Waals surface area contributed by atoms with Crippen molar-refractivity contribution in [1.29, 1.82) is 0 Å². The summed E-state index contributed by atoms with van der Waals surface area (Å²) in [6.07, 6.45) is 0. The van der Waals surface area contributed by atoms with E-state index in [1.165, 1.54) is 0 Å². The lowest BCUT2D eigenvalue weighted by Crippen LogP contribution is -2.27. The molecule has 1 N–H and O–H groups in total. The number of fused-ring (bicyclic) bond motifs is 1. The molecular weight excluding hydrogens is 224 g/mol. The highest BCUT2D eigenvalue weighted by Crippen LogP contribution is 2.12.